The van der Waals surface area contributed by atoms with Crippen LogP contribution in [-0.2, 0) is 0 Å². The predicted octanol–water partition coefficient (Wildman–Crippen LogP) is 2.83. The third kappa shape index (κ3) is 3.83. The summed E-state index contributed by atoms with van der Waals surface area (Å²) in [7, 11) is 1.84. The van der Waals surface area contributed by atoms with Crippen molar-refractivity contribution in [3.8, 4) is 0 Å². The molecule has 0 saturated heterocycles. The molecule has 1 aromatic heterocycles. The molecular formula is C10H17BrN4S. The van der Waals surface area contributed by atoms with Crippen molar-refractivity contribution in [2.45, 2.75) is 19.4 Å². The Morgan fingerprint density at radius 3 is 2.75 bits per heavy atom. The molecule has 0 fully saturated rings. The number of thioether (sulfide) groups is 1. The smallest absolute Gasteiger partial charge is 0.146 e. The van der Waals surface area contributed by atoms with E-state index in [9.17, 15) is 0 Å². The summed E-state index contributed by atoms with van der Waals surface area (Å²) in [6, 6.07) is 0.406. The Bertz CT molecular complexity index is 335. The monoisotopic (exact) mass is 304 g/mol. The first kappa shape index (κ1) is 13.6. The molecule has 90 valence electrons. The molecule has 0 spiro atoms. The lowest BCUT2D eigenvalue weighted by Gasteiger charge is -2.15. The van der Waals surface area contributed by atoms with Crippen LogP contribution in [0, 0.1) is 0 Å². The minimum Gasteiger partial charge on any atom is -0.372 e. The van der Waals surface area contributed by atoms with E-state index in [0.29, 0.717) is 6.04 Å². The number of rotatable bonds is 6. The molecule has 0 bridgehead atoms. The molecule has 0 aliphatic rings. The minimum atomic E-state index is 0.406. The average molecular weight is 305 g/mol. The predicted molar refractivity (Wildman–Crippen MR) is 75.4 cm³/mol. The van der Waals surface area contributed by atoms with Gasteiger partial charge >= 0.3 is 0 Å². The average Bonchev–Trinajstić information content (AvgIpc) is 2.29. The first-order chi connectivity index (χ1) is 7.69. The maximum Gasteiger partial charge on any atom is 0.146 e. The van der Waals surface area contributed by atoms with Gasteiger partial charge in [-0.3, -0.25) is 0 Å². The van der Waals surface area contributed by atoms with Crippen molar-refractivity contribution in [1.29, 1.82) is 0 Å². The lowest BCUT2D eigenvalue weighted by atomic mass is 10.2. The van der Waals surface area contributed by atoms with Crippen molar-refractivity contribution >= 4 is 39.3 Å². The SMILES string of the molecule is CNc1ncnc(NC(C)CCSC)c1Br. The normalized spacial score (nSPS) is 12.2. The van der Waals surface area contributed by atoms with Gasteiger partial charge in [-0.05, 0) is 41.3 Å². The first-order valence-corrected chi connectivity index (χ1v) is 7.31. The summed E-state index contributed by atoms with van der Waals surface area (Å²) < 4.78 is 0.883. The first-order valence-electron chi connectivity index (χ1n) is 5.12. The third-order valence-electron chi connectivity index (χ3n) is 2.16. The quantitative estimate of drug-likeness (QED) is 0.846. The molecule has 1 rings (SSSR count). The number of hydrogen-bond donors (Lipinski definition) is 2. The van der Waals surface area contributed by atoms with E-state index in [1.165, 1.54) is 0 Å². The van der Waals surface area contributed by atoms with E-state index in [1.807, 2.05) is 18.8 Å². The van der Waals surface area contributed by atoms with Gasteiger partial charge in [0, 0.05) is 13.1 Å². The number of halogens is 1. The van der Waals surface area contributed by atoms with Crippen LogP contribution in [0.2, 0.25) is 0 Å². The van der Waals surface area contributed by atoms with Crippen molar-refractivity contribution in [2.75, 3.05) is 29.7 Å². The number of aromatic nitrogens is 2. The van der Waals surface area contributed by atoms with Gasteiger partial charge in [0.25, 0.3) is 0 Å². The number of anilines is 2. The summed E-state index contributed by atoms with van der Waals surface area (Å²) >= 11 is 5.34. The van der Waals surface area contributed by atoms with E-state index >= 15 is 0 Å². The van der Waals surface area contributed by atoms with Gasteiger partial charge in [-0.2, -0.15) is 11.8 Å². The molecule has 16 heavy (non-hydrogen) atoms. The highest BCUT2D eigenvalue weighted by Crippen LogP contribution is 2.26. The topological polar surface area (TPSA) is 49.8 Å². The summed E-state index contributed by atoms with van der Waals surface area (Å²) in [5.74, 6) is 2.79. The molecule has 0 aliphatic heterocycles. The Labute approximate surface area is 109 Å². The second-order valence-electron chi connectivity index (χ2n) is 3.46. The maximum absolute atomic E-state index is 4.22. The van der Waals surface area contributed by atoms with Gasteiger partial charge in [0.15, 0.2) is 0 Å². The van der Waals surface area contributed by atoms with Gasteiger partial charge in [-0.15, -0.1) is 0 Å². The number of nitrogens with zero attached hydrogens (tertiary/aromatic N) is 2. The number of nitrogens with one attached hydrogen (secondary N) is 2. The van der Waals surface area contributed by atoms with Gasteiger partial charge < -0.3 is 10.6 Å². The summed E-state index contributed by atoms with van der Waals surface area (Å²) in [4.78, 5) is 8.33. The Balaban J connectivity index is 2.66. The molecule has 2 N–H and O–H groups in total. The molecule has 1 aromatic rings. The highest BCUT2D eigenvalue weighted by Gasteiger charge is 2.09. The van der Waals surface area contributed by atoms with Crippen molar-refractivity contribution in [2.24, 2.45) is 0 Å². The van der Waals surface area contributed by atoms with Crippen LogP contribution in [0.3, 0.4) is 0 Å². The Morgan fingerprint density at radius 1 is 1.44 bits per heavy atom. The Morgan fingerprint density at radius 2 is 2.12 bits per heavy atom. The molecule has 0 saturated carbocycles. The lowest BCUT2D eigenvalue weighted by molar-refractivity contribution is 0.765. The van der Waals surface area contributed by atoms with E-state index in [-0.39, 0.29) is 0 Å². The van der Waals surface area contributed by atoms with Crippen LogP contribution in [0.25, 0.3) is 0 Å². The fraction of sp³-hybridized carbons (Fsp3) is 0.600. The molecule has 4 nitrogen and oxygen atoms in total. The van der Waals surface area contributed by atoms with E-state index in [1.54, 1.807) is 6.33 Å². The molecule has 0 aliphatic carbocycles. The zero-order chi connectivity index (χ0) is 12.0. The maximum atomic E-state index is 4.22. The molecule has 1 atom stereocenters. The molecule has 6 heteroatoms. The van der Waals surface area contributed by atoms with Crippen LogP contribution < -0.4 is 10.6 Å². The summed E-state index contributed by atoms with van der Waals surface area (Å²) in [6.45, 7) is 2.16. The van der Waals surface area contributed by atoms with Gasteiger partial charge in [-0.1, -0.05) is 0 Å². The van der Waals surface area contributed by atoms with Crippen molar-refractivity contribution in [3.63, 3.8) is 0 Å². The van der Waals surface area contributed by atoms with Gasteiger partial charge in [0.1, 0.15) is 22.4 Å². The Kier molecular flexibility index (Phi) is 5.90. The fourth-order valence-electron chi connectivity index (χ4n) is 1.24. The fourth-order valence-corrected chi connectivity index (χ4v) is 2.35. The molecular weight excluding hydrogens is 288 g/mol. The van der Waals surface area contributed by atoms with Crippen molar-refractivity contribution in [3.05, 3.63) is 10.8 Å². The molecule has 0 radical (unpaired) electrons. The van der Waals surface area contributed by atoms with Crippen LogP contribution in [0.5, 0.6) is 0 Å². The van der Waals surface area contributed by atoms with Crippen LogP contribution in [-0.4, -0.2) is 35.1 Å². The van der Waals surface area contributed by atoms with Gasteiger partial charge in [-0.25, -0.2) is 9.97 Å². The van der Waals surface area contributed by atoms with E-state index < -0.39 is 0 Å². The van der Waals surface area contributed by atoms with E-state index in [0.717, 1.165) is 28.3 Å². The highest BCUT2D eigenvalue weighted by atomic mass is 79.9. The molecule has 1 heterocycles. The van der Waals surface area contributed by atoms with Crippen molar-refractivity contribution < 1.29 is 0 Å². The zero-order valence-electron chi connectivity index (χ0n) is 9.75. The highest BCUT2D eigenvalue weighted by molar-refractivity contribution is 9.10. The van der Waals surface area contributed by atoms with Crippen LogP contribution in [0.15, 0.2) is 10.8 Å². The standard InChI is InChI=1S/C10H17BrN4S/c1-7(4-5-16-3)15-10-8(11)9(12-2)13-6-14-10/h6-7H,4-5H2,1-3H3,(H2,12,13,14,15). The lowest BCUT2D eigenvalue weighted by Crippen LogP contribution is -2.17. The largest absolute Gasteiger partial charge is 0.372 e. The zero-order valence-corrected chi connectivity index (χ0v) is 12.2. The van der Waals surface area contributed by atoms with Crippen molar-refractivity contribution in [1.82, 2.24) is 9.97 Å². The van der Waals surface area contributed by atoms with Gasteiger partial charge in [0.2, 0.25) is 0 Å². The van der Waals surface area contributed by atoms with Crippen LogP contribution in [0.4, 0.5) is 11.6 Å². The summed E-state index contributed by atoms with van der Waals surface area (Å²) in [5, 5.41) is 6.38. The third-order valence-corrected chi connectivity index (χ3v) is 3.56. The summed E-state index contributed by atoms with van der Waals surface area (Å²) in [6.07, 6.45) is 4.79. The second kappa shape index (κ2) is 6.96. The molecule has 0 amide bonds. The van der Waals surface area contributed by atoms with E-state index in [4.69, 9.17) is 0 Å². The van der Waals surface area contributed by atoms with Crippen LogP contribution in [0.1, 0.15) is 13.3 Å². The number of hydrogen-bond acceptors (Lipinski definition) is 5. The molecule has 0 aromatic carbocycles. The minimum absolute atomic E-state index is 0.406. The second-order valence-corrected chi connectivity index (χ2v) is 5.24. The molecule has 1 unspecified atom stereocenters. The van der Waals surface area contributed by atoms with E-state index in [2.05, 4.69) is 49.7 Å². The summed E-state index contributed by atoms with van der Waals surface area (Å²) in [5.41, 5.74) is 0. The van der Waals surface area contributed by atoms with Gasteiger partial charge in [0.05, 0.1) is 0 Å². The Hall–Kier alpha value is -0.490. The van der Waals surface area contributed by atoms with Crippen LogP contribution >= 0.6 is 27.7 Å².